The lowest BCUT2D eigenvalue weighted by atomic mass is 10.1. The number of hydrogen-bond donors (Lipinski definition) is 2. The lowest BCUT2D eigenvalue weighted by Gasteiger charge is -2.26. The molecule has 1 aromatic rings. The van der Waals surface area contributed by atoms with Crippen molar-refractivity contribution in [1.82, 2.24) is 5.32 Å². The molecule has 0 heterocycles. The van der Waals surface area contributed by atoms with Gasteiger partial charge in [-0.3, -0.25) is 0 Å². The van der Waals surface area contributed by atoms with Gasteiger partial charge in [-0.05, 0) is 33.3 Å². The summed E-state index contributed by atoms with van der Waals surface area (Å²) in [6.45, 7) is 6.98. The molecule has 6 heteroatoms. The van der Waals surface area contributed by atoms with E-state index in [1.807, 2.05) is 30.3 Å². The van der Waals surface area contributed by atoms with Crippen LogP contribution >= 0.6 is 0 Å². The first-order chi connectivity index (χ1) is 10.2. The molecule has 3 N–H and O–H groups in total. The van der Waals surface area contributed by atoms with E-state index in [2.05, 4.69) is 5.32 Å². The highest BCUT2D eigenvalue weighted by Gasteiger charge is 2.30. The molecule has 0 saturated carbocycles. The minimum atomic E-state index is -0.956. The molecule has 122 valence electrons. The van der Waals surface area contributed by atoms with Crippen molar-refractivity contribution in [2.45, 2.75) is 52.0 Å². The number of nitrogens with one attached hydrogen (secondary N) is 1. The standard InChI is InChI=1S/C16H24N2O4/c1-11(17)13(14(19)22-16(2,3)4)18-15(20)21-10-12-8-6-5-7-9-12/h5-9,11,13H,10,17H2,1-4H3,(H,18,20)/t11-,13+/m1/s1. The molecule has 0 unspecified atom stereocenters. The first-order valence-corrected chi connectivity index (χ1v) is 7.14. The van der Waals surface area contributed by atoms with Crippen molar-refractivity contribution in [3.05, 3.63) is 35.9 Å². The van der Waals surface area contributed by atoms with Gasteiger partial charge in [-0.1, -0.05) is 30.3 Å². The minimum Gasteiger partial charge on any atom is -0.458 e. The van der Waals surface area contributed by atoms with Gasteiger partial charge in [-0.2, -0.15) is 0 Å². The van der Waals surface area contributed by atoms with Crippen molar-refractivity contribution in [3.63, 3.8) is 0 Å². The van der Waals surface area contributed by atoms with E-state index in [1.165, 1.54) is 0 Å². The molecule has 0 spiro atoms. The maximum atomic E-state index is 12.0. The topological polar surface area (TPSA) is 90.6 Å². The summed E-state index contributed by atoms with van der Waals surface area (Å²) in [5.74, 6) is -0.584. The van der Waals surface area contributed by atoms with Crippen LogP contribution in [0.4, 0.5) is 4.79 Å². The maximum Gasteiger partial charge on any atom is 0.408 e. The Bertz CT molecular complexity index is 495. The van der Waals surface area contributed by atoms with Gasteiger partial charge in [0.1, 0.15) is 18.2 Å². The van der Waals surface area contributed by atoms with E-state index in [-0.39, 0.29) is 6.61 Å². The number of esters is 1. The second-order valence-corrected chi connectivity index (χ2v) is 6.08. The van der Waals surface area contributed by atoms with Crippen molar-refractivity contribution in [2.24, 2.45) is 5.73 Å². The lowest BCUT2D eigenvalue weighted by molar-refractivity contribution is -0.157. The zero-order valence-electron chi connectivity index (χ0n) is 13.5. The number of benzene rings is 1. The van der Waals surface area contributed by atoms with Gasteiger partial charge in [0.05, 0.1) is 0 Å². The lowest BCUT2D eigenvalue weighted by Crippen LogP contribution is -2.53. The summed E-state index contributed by atoms with van der Waals surface area (Å²) in [4.78, 5) is 23.8. The molecular formula is C16H24N2O4. The summed E-state index contributed by atoms with van der Waals surface area (Å²) in [6, 6.07) is 7.69. The number of carbonyl (C=O) groups is 2. The zero-order valence-corrected chi connectivity index (χ0v) is 13.5. The third kappa shape index (κ3) is 6.58. The van der Waals surface area contributed by atoms with E-state index < -0.39 is 29.7 Å². The molecule has 1 rings (SSSR count). The third-order valence-electron chi connectivity index (χ3n) is 2.67. The van der Waals surface area contributed by atoms with E-state index in [1.54, 1.807) is 27.7 Å². The number of ether oxygens (including phenoxy) is 2. The Morgan fingerprint density at radius 1 is 1.23 bits per heavy atom. The van der Waals surface area contributed by atoms with Crippen LogP contribution in [0.15, 0.2) is 30.3 Å². The van der Waals surface area contributed by atoms with Crippen molar-refractivity contribution < 1.29 is 19.1 Å². The molecule has 0 fully saturated rings. The number of carbonyl (C=O) groups excluding carboxylic acids is 2. The zero-order chi connectivity index (χ0) is 16.8. The molecular weight excluding hydrogens is 284 g/mol. The summed E-state index contributed by atoms with van der Waals surface area (Å²) in [5, 5.41) is 2.45. The van der Waals surface area contributed by atoms with Gasteiger partial charge in [-0.25, -0.2) is 9.59 Å². The van der Waals surface area contributed by atoms with Crippen LogP contribution in [0.25, 0.3) is 0 Å². The van der Waals surface area contributed by atoms with Crippen LogP contribution in [-0.4, -0.2) is 29.7 Å². The molecule has 2 atom stereocenters. The molecule has 1 amide bonds. The number of hydrogen-bond acceptors (Lipinski definition) is 5. The normalized spacial score (nSPS) is 13.9. The molecule has 0 aliphatic carbocycles. The summed E-state index contributed by atoms with van der Waals surface area (Å²) in [6.07, 6.45) is -0.711. The van der Waals surface area contributed by atoms with E-state index in [0.717, 1.165) is 5.56 Å². The van der Waals surface area contributed by atoms with Crippen LogP contribution in [0.2, 0.25) is 0 Å². The minimum absolute atomic E-state index is 0.118. The molecule has 0 aliphatic rings. The second-order valence-electron chi connectivity index (χ2n) is 6.08. The summed E-state index contributed by atoms with van der Waals surface area (Å²) >= 11 is 0. The summed E-state index contributed by atoms with van der Waals surface area (Å²) in [7, 11) is 0. The van der Waals surface area contributed by atoms with Gasteiger partial charge in [0.25, 0.3) is 0 Å². The fraction of sp³-hybridized carbons (Fsp3) is 0.500. The average molecular weight is 308 g/mol. The van der Waals surface area contributed by atoms with Crippen molar-refractivity contribution in [1.29, 1.82) is 0 Å². The Labute approximate surface area is 131 Å². The van der Waals surface area contributed by atoms with Crippen LogP contribution in [0.1, 0.15) is 33.3 Å². The van der Waals surface area contributed by atoms with E-state index in [0.29, 0.717) is 0 Å². The first kappa shape index (κ1) is 18.0. The highest BCUT2D eigenvalue weighted by atomic mass is 16.6. The SMILES string of the molecule is C[C@@H](N)[C@H](NC(=O)OCc1ccccc1)C(=O)OC(C)(C)C. The van der Waals surface area contributed by atoms with Gasteiger partial charge in [0, 0.05) is 6.04 Å². The molecule has 0 saturated heterocycles. The smallest absolute Gasteiger partial charge is 0.408 e. The van der Waals surface area contributed by atoms with Crippen molar-refractivity contribution in [2.75, 3.05) is 0 Å². The predicted molar refractivity (Wildman–Crippen MR) is 83.0 cm³/mol. The summed E-state index contributed by atoms with van der Waals surface area (Å²) in [5.41, 5.74) is 5.94. The average Bonchev–Trinajstić information content (AvgIpc) is 2.41. The van der Waals surface area contributed by atoms with Crippen molar-refractivity contribution in [3.8, 4) is 0 Å². The highest BCUT2D eigenvalue weighted by Crippen LogP contribution is 2.10. The Morgan fingerprint density at radius 3 is 2.32 bits per heavy atom. The molecule has 0 aliphatic heterocycles. The number of alkyl carbamates (subject to hydrolysis) is 1. The molecule has 0 bridgehead atoms. The van der Waals surface area contributed by atoms with Gasteiger partial charge >= 0.3 is 12.1 Å². The Morgan fingerprint density at radius 2 is 1.82 bits per heavy atom. The fourth-order valence-corrected chi connectivity index (χ4v) is 1.66. The predicted octanol–water partition coefficient (Wildman–Crippen LogP) is 1.97. The first-order valence-electron chi connectivity index (χ1n) is 7.14. The quantitative estimate of drug-likeness (QED) is 0.812. The fourth-order valence-electron chi connectivity index (χ4n) is 1.66. The van der Waals surface area contributed by atoms with Gasteiger partial charge in [-0.15, -0.1) is 0 Å². The third-order valence-corrected chi connectivity index (χ3v) is 2.67. The largest absolute Gasteiger partial charge is 0.458 e. The molecule has 1 aromatic carbocycles. The highest BCUT2D eigenvalue weighted by molar-refractivity contribution is 5.82. The van der Waals surface area contributed by atoms with Gasteiger partial charge < -0.3 is 20.5 Å². The second kappa shape index (κ2) is 7.79. The van der Waals surface area contributed by atoms with Crippen LogP contribution in [0.3, 0.4) is 0 Å². The van der Waals surface area contributed by atoms with E-state index in [4.69, 9.17) is 15.2 Å². The van der Waals surface area contributed by atoms with E-state index in [9.17, 15) is 9.59 Å². The number of nitrogens with two attached hydrogens (primary N) is 1. The van der Waals surface area contributed by atoms with Crippen LogP contribution in [0, 0.1) is 0 Å². The Hall–Kier alpha value is -2.08. The molecule has 0 aromatic heterocycles. The molecule has 0 radical (unpaired) electrons. The van der Waals surface area contributed by atoms with Crippen LogP contribution in [-0.2, 0) is 20.9 Å². The number of amides is 1. The van der Waals surface area contributed by atoms with Crippen molar-refractivity contribution >= 4 is 12.1 Å². The maximum absolute atomic E-state index is 12.0. The summed E-state index contributed by atoms with van der Waals surface area (Å²) < 4.78 is 10.3. The monoisotopic (exact) mass is 308 g/mol. The van der Waals surface area contributed by atoms with Crippen LogP contribution in [0.5, 0.6) is 0 Å². The van der Waals surface area contributed by atoms with Crippen LogP contribution < -0.4 is 11.1 Å². The van der Waals surface area contributed by atoms with E-state index >= 15 is 0 Å². The van der Waals surface area contributed by atoms with Gasteiger partial charge in [0.15, 0.2) is 0 Å². The van der Waals surface area contributed by atoms with Gasteiger partial charge in [0.2, 0.25) is 0 Å². The molecule has 22 heavy (non-hydrogen) atoms. The molecule has 6 nitrogen and oxygen atoms in total. The Kier molecular flexibility index (Phi) is 6.37. The Balaban J connectivity index is 2.55. The number of rotatable bonds is 5.